The van der Waals surface area contributed by atoms with Crippen molar-refractivity contribution in [2.75, 3.05) is 0 Å². The Bertz CT molecular complexity index is 2540. The highest BCUT2D eigenvalue weighted by Gasteiger charge is 2.16. The van der Waals surface area contributed by atoms with E-state index in [4.69, 9.17) is 4.42 Å². The zero-order valence-electron chi connectivity index (χ0n) is 24.2. The second-order valence-corrected chi connectivity index (χ2v) is 12.4. The molecular formula is C42H26BrNO. The number of furan rings is 1. The van der Waals surface area contributed by atoms with Gasteiger partial charge in [-0.3, -0.25) is 0 Å². The van der Waals surface area contributed by atoms with Gasteiger partial charge in [0.1, 0.15) is 11.2 Å². The van der Waals surface area contributed by atoms with Crippen molar-refractivity contribution in [3.05, 3.63) is 162 Å². The third-order valence-electron chi connectivity index (χ3n) is 8.87. The molecule has 3 heteroatoms. The van der Waals surface area contributed by atoms with E-state index >= 15 is 0 Å². The molecule has 2 nitrogen and oxygen atoms in total. The molecule has 0 saturated carbocycles. The van der Waals surface area contributed by atoms with E-state index in [1.807, 2.05) is 0 Å². The summed E-state index contributed by atoms with van der Waals surface area (Å²) in [6.07, 6.45) is 0. The van der Waals surface area contributed by atoms with Crippen LogP contribution in [0.4, 0.5) is 0 Å². The first-order chi connectivity index (χ1) is 22.2. The van der Waals surface area contributed by atoms with Crippen LogP contribution in [-0.2, 0) is 0 Å². The average molecular weight is 641 g/mol. The summed E-state index contributed by atoms with van der Waals surface area (Å²) < 4.78 is 9.81. The largest absolute Gasteiger partial charge is 0.456 e. The second-order valence-electron chi connectivity index (χ2n) is 11.5. The average Bonchev–Trinajstić information content (AvgIpc) is 3.64. The number of nitrogens with zero attached hydrogens (tertiary/aromatic N) is 1. The molecule has 0 aliphatic heterocycles. The van der Waals surface area contributed by atoms with Crippen LogP contribution in [0.5, 0.6) is 0 Å². The number of hydrogen-bond acceptors (Lipinski definition) is 1. The molecule has 0 atom stereocenters. The van der Waals surface area contributed by atoms with Gasteiger partial charge in [0, 0.05) is 31.7 Å². The summed E-state index contributed by atoms with van der Waals surface area (Å²) in [6, 6.07) is 56.3. The summed E-state index contributed by atoms with van der Waals surface area (Å²) in [5.74, 6) is 0. The Kier molecular flexibility index (Phi) is 6.00. The fraction of sp³-hybridized carbons (Fsp3) is 0. The molecule has 9 rings (SSSR count). The lowest BCUT2D eigenvalue weighted by atomic mass is 9.94. The Morgan fingerprint density at radius 3 is 2.00 bits per heavy atom. The van der Waals surface area contributed by atoms with E-state index < -0.39 is 0 Å². The van der Waals surface area contributed by atoms with Crippen molar-refractivity contribution in [2.24, 2.45) is 0 Å². The van der Waals surface area contributed by atoms with Gasteiger partial charge in [-0.15, -0.1) is 0 Å². The molecule has 0 aliphatic rings. The SMILES string of the molecule is Brc1ccc(-c2ccc3oc4cccc(-c5cccc(-c6ccc7c8ccccc8n(-c8ccccc8)c7c6)c5)c4c3c2)cc1. The quantitative estimate of drug-likeness (QED) is 0.187. The maximum atomic E-state index is 6.36. The molecule has 0 amide bonds. The monoisotopic (exact) mass is 639 g/mol. The number of fused-ring (bicyclic) bond motifs is 6. The van der Waals surface area contributed by atoms with Gasteiger partial charge in [0.25, 0.3) is 0 Å². The fourth-order valence-electron chi connectivity index (χ4n) is 6.76. The molecule has 2 heterocycles. The number of rotatable bonds is 4. The zero-order chi connectivity index (χ0) is 29.9. The minimum atomic E-state index is 0.897. The third kappa shape index (κ3) is 4.31. The van der Waals surface area contributed by atoms with E-state index in [1.54, 1.807) is 0 Å². The first kappa shape index (κ1) is 26.1. The lowest BCUT2D eigenvalue weighted by Crippen LogP contribution is -1.93. The van der Waals surface area contributed by atoms with Crippen molar-refractivity contribution >= 4 is 59.7 Å². The highest BCUT2D eigenvalue weighted by Crippen LogP contribution is 2.40. The van der Waals surface area contributed by atoms with Gasteiger partial charge in [0.15, 0.2) is 0 Å². The maximum absolute atomic E-state index is 6.36. The molecule has 0 aliphatic carbocycles. The Balaban J connectivity index is 1.21. The van der Waals surface area contributed by atoms with Crippen molar-refractivity contribution in [1.29, 1.82) is 0 Å². The van der Waals surface area contributed by atoms with Crippen LogP contribution in [0.15, 0.2) is 167 Å². The molecule has 2 aromatic heterocycles. The zero-order valence-corrected chi connectivity index (χ0v) is 25.8. The number of benzene rings is 7. The summed E-state index contributed by atoms with van der Waals surface area (Å²) in [5, 5.41) is 4.78. The van der Waals surface area contributed by atoms with Crippen molar-refractivity contribution in [3.8, 4) is 39.1 Å². The lowest BCUT2D eigenvalue weighted by Gasteiger charge is -2.10. The van der Waals surface area contributed by atoms with Gasteiger partial charge in [-0.1, -0.05) is 113 Å². The normalized spacial score (nSPS) is 11.7. The molecule has 45 heavy (non-hydrogen) atoms. The molecule has 9 aromatic rings. The van der Waals surface area contributed by atoms with Gasteiger partial charge >= 0.3 is 0 Å². The molecule has 0 bridgehead atoms. The van der Waals surface area contributed by atoms with E-state index in [1.165, 1.54) is 55.2 Å². The third-order valence-corrected chi connectivity index (χ3v) is 9.40. The first-order valence-electron chi connectivity index (χ1n) is 15.1. The van der Waals surface area contributed by atoms with Crippen molar-refractivity contribution in [2.45, 2.75) is 0 Å². The second kappa shape index (κ2) is 10.4. The Hall–Kier alpha value is -5.38. The highest BCUT2D eigenvalue weighted by molar-refractivity contribution is 9.10. The Labute approximate surface area is 268 Å². The minimum absolute atomic E-state index is 0.897. The fourth-order valence-corrected chi connectivity index (χ4v) is 7.03. The predicted molar refractivity (Wildman–Crippen MR) is 192 cm³/mol. The molecular weight excluding hydrogens is 614 g/mol. The Morgan fingerprint density at radius 1 is 0.422 bits per heavy atom. The van der Waals surface area contributed by atoms with Gasteiger partial charge in [-0.2, -0.15) is 0 Å². The number of para-hydroxylation sites is 2. The van der Waals surface area contributed by atoms with E-state index in [0.29, 0.717) is 0 Å². The molecule has 212 valence electrons. The summed E-state index contributed by atoms with van der Waals surface area (Å²) in [6.45, 7) is 0. The van der Waals surface area contributed by atoms with Crippen LogP contribution in [0.1, 0.15) is 0 Å². The van der Waals surface area contributed by atoms with Crippen LogP contribution in [-0.4, -0.2) is 4.57 Å². The summed E-state index contributed by atoms with van der Waals surface area (Å²) in [4.78, 5) is 0. The van der Waals surface area contributed by atoms with Crippen LogP contribution >= 0.6 is 15.9 Å². The van der Waals surface area contributed by atoms with Gasteiger partial charge in [0.2, 0.25) is 0 Å². The van der Waals surface area contributed by atoms with Crippen LogP contribution in [0.25, 0.3) is 82.8 Å². The number of halogens is 1. The smallest absolute Gasteiger partial charge is 0.136 e. The molecule has 0 saturated heterocycles. The molecule has 7 aromatic carbocycles. The van der Waals surface area contributed by atoms with Crippen LogP contribution in [0.2, 0.25) is 0 Å². The number of aromatic nitrogens is 1. The van der Waals surface area contributed by atoms with Crippen LogP contribution in [0.3, 0.4) is 0 Å². The first-order valence-corrected chi connectivity index (χ1v) is 15.9. The lowest BCUT2D eigenvalue weighted by molar-refractivity contribution is 0.669. The molecule has 0 fully saturated rings. The van der Waals surface area contributed by atoms with Crippen LogP contribution < -0.4 is 0 Å². The Morgan fingerprint density at radius 2 is 1.11 bits per heavy atom. The predicted octanol–water partition coefficient (Wildman–Crippen LogP) is 12.4. The molecule has 0 radical (unpaired) electrons. The van der Waals surface area contributed by atoms with E-state index in [0.717, 1.165) is 32.1 Å². The molecule has 0 N–H and O–H groups in total. The van der Waals surface area contributed by atoms with E-state index in [9.17, 15) is 0 Å². The van der Waals surface area contributed by atoms with Crippen molar-refractivity contribution < 1.29 is 4.42 Å². The summed E-state index contributed by atoms with van der Waals surface area (Å²) >= 11 is 3.56. The van der Waals surface area contributed by atoms with E-state index in [2.05, 4.69) is 178 Å². The van der Waals surface area contributed by atoms with Crippen LogP contribution in [0, 0.1) is 0 Å². The summed E-state index contributed by atoms with van der Waals surface area (Å²) in [7, 11) is 0. The maximum Gasteiger partial charge on any atom is 0.136 e. The van der Waals surface area contributed by atoms with E-state index in [-0.39, 0.29) is 0 Å². The summed E-state index contributed by atoms with van der Waals surface area (Å²) in [5.41, 5.74) is 12.4. The topological polar surface area (TPSA) is 18.1 Å². The molecule has 0 unspecified atom stereocenters. The van der Waals surface area contributed by atoms with Gasteiger partial charge in [0.05, 0.1) is 11.0 Å². The standard InChI is InChI=1S/C42H26BrNO/c43-32-20-16-27(17-21-32)29-19-23-40-37(25-29)42-34(13-7-15-41(42)45-40)31-9-6-8-28(24-31)30-18-22-36-35-12-4-5-14-38(35)44(39(36)26-30)33-10-2-1-3-11-33/h1-26H. The van der Waals surface area contributed by atoms with Gasteiger partial charge in [-0.25, -0.2) is 0 Å². The molecule has 0 spiro atoms. The van der Waals surface area contributed by atoms with Gasteiger partial charge < -0.3 is 8.98 Å². The van der Waals surface area contributed by atoms with Crippen molar-refractivity contribution in [3.63, 3.8) is 0 Å². The highest BCUT2D eigenvalue weighted by atomic mass is 79.9. The van der Waals surface area contributed by atoms with Crippen molar-refractivity contribution in [1.82, 2.24) is 4.57 Å². The number of hydrogen-bond donors (Lipinski definition) is 0. The minimum Gasteiger partial charge on any atom is -0.456 e. The van der Waals surface area contributed by atoms with Gasteiger partial charge in [-0.05, 0) is 94.0 Å².